The highest BCUT2D eigenvalue weighted by Gasteiger charge is 2.28. The third-order valence-corrected chi connectivity index (χ3v) is 4.14. The average molecular weight is 397 g/mol. The number of aryl methyl sites for hydroxylation is 2. The van der Waals surface area contributed by atoms with Crippen molar-refractivity contribution in [3.63, 3.8) is 0 Å². The maximum Gasteiger partial charge on any atom is 0.344 e. The molecule has 0 aliphatic heterocycles. The van der Waals surface area contributed by atoms with Crippen LogP contribution < -0.4 is 5.32 Å². The van der Waals surface area contributed by atoms with Gasteiger partial charge in [-0.2, -0.15) is 4.98 Å². The number of methoxy groups -OCH3 is 1. The Bertz CT molecular complexity index is 1050. The molecule has 9 nitrogen and oxygen atoms in total. The number of hydrogen-bond donors (Lipinski definition) is 1. The van der Waals surface area contributed by atoms with Crippen molar-refractivity contribution < 1.29 is 28.1 Å². The minimum atomic E-state index is -0.772. The van der Waals surface area contributed by atoms with Gasteiger partial charge in [-0.25, -0.2) is 4.79 Å². The molecule has 29 heavy (non-hydrogen) atoms. The smallest absolute Gasteiger partial charge is 0.344 e. The quantitative estimate of drug-likeness (QED) is 0.476. The van der Waals surface area contributed by atoms with Crippen molar-refractivity contribution in [1.29, 1.82) is 0 Å². The number of ketones is 1. The molecule has 0 aliphatic carbocycles. The van der Waals surface area contributed by atoms with Gasteiger partial charge >= 0.3 is 5.97 Å². The van der Waals surface area contributed by atoms with Crippen LogP contribution in [-0.2, 0) is 16.0 Å². The van der Waals surface area contributed by atoms with Crippen LogP contribution in [0.2, 0.25) is 0 Å². The number of nitrogens with one attached hydrogen (secondary N) is 1. The fraction of sp³-hybridized carbons (Fsp3) is 0.250. The van der Waals surface area contributed by atoms with Crippen molar-refractivity contribution in [1.82, 2.24) is 10.1 Å². The molecule has 0 spiro atoms. The molecule has 1 aromatic carbocycles. The molecule has 3 rings (SSSR count). The van der Waals surface area contributed by atoms with Gasteiger partial charge in [0.1, 0.15) is 11.3 Å². The maximum atomic E-state index is 12.3. The molecular formula is C20H19N3O6. The topological polar surface area (TPSA) is 125 Å². The third-order valence-electron chi connectivity index (χ3n) is 4.14. The number of carbonyl (C=O) groups is 3. The first kappa shape index (κ1) is 20.0. The highest BCUT2D eigenvalue weighted by molar-refractivity contribution is 6.10. The summed E-state index contributed by atoms with van der Waals surface area (Å²) in [6, 6.07) is 9.30. The van der Waals surface area contributed by atoms with Crippen molar-refractivity contribution in [3.8, 4) is 11.4 Å². The monoisotopic (exact) mass is 397 g/mol. The fourth-order valence-corrected chi connectivity index (χ4v) is 2.82. The van der Waals surface area contributed by atoms with Gasteiger partial charge in [-0.05, 0) is 13.8 Å². The van der Waals surface area contributed by atoms with E-state index >= 15 is 0 Å². The normalized spacial score (nSPS) is 10.6. The Morgan fingerprint density at radius 2 is 1.86 bits per heavy atom. The summed E-state index contributed by atoms with van der Waals surface area (Å²) in [6.45, 7) is 2.83. The standard InChI is InChI=1S/C20H19N3O6/c1-11(24)16-12(2)28-19(17(16)20(26)27-3)21-14(25)9-10-15-22-18(23-29-15)13-7-5-4-6-8-13/h4-8H,9-10H2,1-3H3,(H,21,25). The summed E-state index contributed by atoms with van der Waals surface area (Å²) in [7, 11) is 1.18. The van der Waals surface area contributed by atoms with E-state index in [1.54, 1.807) is 0 Å². The molecule has 0 bridgehead atoms. The van der Waals surface area contributed by atoms with E-state index in [-0.39, 0.29) is 41.4 Å². The number of esters is 1. The number of nitrogens with zero attached hydrogens (tertiary/aromatic N) is 2. The van der Waals surface area contributed by atoms with Gasteiger partial charge < -0.3 is 13.7 Å². The molecule has 0 atom stereocenters. The molecule has 2 heterocycles. The lowest BCUT2D eigenvalue weighted by Crippen LogP contribution is -2.16. The summed E-state index contributed by atoms with van der Waals surface area (Å²) in [4.78, 5) is 40.5. The molecule has 0 aliphatic rings. The molecule has 0 saturated carbocycles. The predicted molar refractivity (Wildman–Crippen MR) is 101 cm³/mol. The molecule has 150 valence electrons. The minimum absolute atomic E-state index is 0.00614. The highest BCUT2D eigenvalue weighted by Crippen LogP contribution is 2.28. The number of hydrogen-bond acceptors (Lipinski definition) is 8. The van der Waals surface area contributed by atoms with Crippen molar-refractivity contribution >= 4 is 23.5 Å². The summed E-state index contributed by atoms with van der Waals surface area (Å²) >= 11 is 0. The second-order valence-corrected chi connectivity index (χ2v) is 6.21. The van der Waals surface area contributed by atoms with Crippen LogP contribution in [0.4, 0.5) is 5.88 Å². The van der Waals surface area contributed by atoms with Gasteiger partial charge in [0.2, 0.25) is 23.5 Å². The molecule has 0 saturated heterocycles. The lowest BCUT2D eigenvalue weighted by atomic mass is 10.1. The molecule has 0 unspecified atom stereocenters. The second-order valence-electron chi connectivity index (χ2n) is 6.21. The number of rotatable bonds is 7. The largest absolute Gasteiger partial charge is 0.465 e. The van der Waals surface area contributed by atoms with Crippen LogP contribution in [0.25, 0.3) is 11.4 Å². The molecule has 9 heteroatoms. The zero-order valence-corrected chi connectivity index (χ0v) is 16.1. The van der Waals surface area contributed by atoms with Gasteiger partial charge in [0, 0.05) is 18.4 Å². The van der Waals surface area contributed by atoms with E-state index in [1.165, 1.54) is 21.0 Å². The molecule has 0 fully saturated rings. The maximum absolute atomic E-state index is 12.3. The Kier molecular flexibility index (Phi) is 5.87. The van der Waals surface area contributed by atoms with Gasteiger partial charge in [-0.1, -0.05) is 35.5 Å². The van der Waals surface area contributed by atoms with Crippen molar-refractivity contribution in [2.24, 2.45) is 0 Å². The van der Waals surface area contributed by atoms with Crippen molar-refractivity contribution in [3.05, 3.63) is 53.1 Å². The van der Waals surface area contributed by atoms with Crippen molar-refractivity contribution in [2.75, 3.05) is 12.4 Å². The Morgan fingerprint density at radius 1 is 1.14 bits per heavy atom. The first-order valence-corrected chi connectivity index (χ1v) is 8.81. The van der Waals surface area contributed by atoms with Crippen molar-refractivity contribution in [2.45, 2.75) is 26.7 Å². The zero-order chi connectivity index (χ0) is 21.0. The summed E-state index contributed by atoms with van der Waals surface area (Å²) in [5.41, 5.74) is 0.782. The molecule has 2 aromatic heterocycles. The highest BCUT2D eigenvalue weighted by atomic mass is 16.5. The van der Waals surface area contributed by atoms with E-state index in [2.05, 4.69) is 15.5 Å². The van der Waals surface area contributed by atoms with Crippen LogP contribution in [0.1, 0.15) is 45.7 Å². The molecule has 1 amide bonds. The molecular weight excluding hydrogens is 378 g/mol. The minimum Gasteiger partial charge on any atom is -0.465 e. The van der Waals surface area contributed by atoms with Gasteiger partial charge in [0.05, 0.1) is 12.7 Å². The van der Waals surface area contributed by atoms with E-state index in [0.717, 1.165) is 5.56 Å². The van der Waals surface area contributed by atoms with E-state index < -0.39 is 11.9 Å². The number of furan rings is 1. The van der Waals surface area contributed by atoms with E-state index in [9.17, 15) is 14.4 Å². The Hall–Kier alpha value is -3.75. The van der Waals surface area contributed by atoms with Crippen LogP contribution >= 0.6 is 0 Å². The molecule has 1 N–H and O–H groups in total. The number of anilines is 1. The summed E-state index contributed by atoms with van der Waals surface area (Å²) in [5, 5.41) is 6.40. The van der Waals surface area contributed by atoms with Crippen LogP contribution in [-0.4, -0.2) is 34.9 Å². The summed E-state index contributed by atoms with van der Waals surface area (Å²) in [6.07, 6.45) is 0.199. The average Bonchev–Trinajstić information content (AvgIpc) is 3.31. The van der Waals surface area contributed by atoms with Gasteiger partial charge in [0.25, 0.3) is 0 Å². The van der Waals surface area contributed by atoms with E-state index in [1.807, 2.05) is 30.3 Å². The SMILES string of the molecule is COC(=O)c1c(NC(=O)CCc2nc(-c3ccccc3)no2)oc(C)c1C(C)=O. The van der Waals surface area contributed by atoms with E-state index in [4.69, 9.17) is 13.7 Å². The third kappa shape index (κ3) is 4.40. The number of carbonyl (C=O) groups excluding carboxylic acids is 3. The number of aromatic nitrogens is 2. The van der Waals surface area contributed by atoms with Crippen LogP contribution in [0, 0.1) is 6.92 Å². The van der Waals surface area contributed by atoms with Crippen LogP contribution in [0.15, 0.2) is 39.3 Å². The van der Waals surface area contributed by atoms with Crippen LogP contribution in [0.5, 0.6) is 0 Å². The fourth-order valence-electron chi connectivity index (χ4n) is 2.82. The first-order valence-electron chi connectivity index (χ1n) is 8.81. The second kappa shape index (κ2) is 8.51. The Morgan fingerprint density at radius 3 is 2.52 bits per heavy atom. The molecule has 0 radical (unpaired) electrons. The lowest BCUT2D eigenvalue weighted by molar-refractivity contribution is -0.116. The van der Waals surface area contributed by atoms with Gasteiger partial charge in [-0.3, -0.25) is 14.9 Å². The zero-order valence-electron chi connectivity index (χ0n) is 16.1. The Labute approximate surface area is 166 Å². The number of ether oxygens (including phenoxy) is 1. The summed E-state index contributed by atoms with van der Waals surface area (Å²) < 4.78 is 15.3. The Balaban J connectivity index is 1.69. The first-order chi connectivity index (χ1) is 13.9. The van der Waals surface area contributed by atoms with Crippen LogP contribution in [0.3, 0.4) is 0 Å². The lowest BCUT2D eigenvalue weighted by Gasteiger charge is -2.04. The predicted octanol–water partition coefficient (Wildman–Crippen LogP) is 3.20. The number of benzene rings is 1. The molecule has 3 aromatic rings. The number of amides is 1. The number of Topliss-reactive ketones (excluding diaryl/α,β-unsaturated/α-hetero) is 1. The van der Waals surface area contributed by atoms with E-state index in [0.29, 0.717) is 11.7 Å². The summed E-state index contributed by atoms with van der Waals surface area (Å²) in [5.74, 6) is -0.761. The van der Waals surface area contributed by atoms with Gasteiger partial charge in [-0.15, -0.1) is 0 Å². The van der Waals surface area contributed by atoms with Gasteiger partial charge in [0.15, 0.2) is 5.78 Å².